The molecule has 4 aromatic rings. The second-order valence-corrected chi connectivity index (χ2v) is 11.4. The van der Waals surface area contributed by atoms with Gasteiger partial charge in [-0.05, 0) is 62.0 Å². The Morgan fingerprint density at radius 2 is 1.95 bits per heavy atom. The molecule has 3 aliphatic rings. The zero-order valence-corrected chi connectivity index (χ0v) is 23.2. The van der Waals surface area contributed by atoms with Crippen LogP contribution in [0.15, 0.2) is 54.7 Å². The number of hydrogen-bond acceptors (Lipinski definition) is 6. The Kier molecular flexibility index (Phi) is 6.95. The lowest BCUT2D eigenvalue weighted by Crippen LogP contribution is -2.35. The maximum absolute atomic E-state index is 14.7. The number of hydrogen-bond donors (Lipinski definition) is 0. The molecule has 208 valence electrons. The quantitative estimate of drug-likeness (QED) is 0.267. The van der Waals surface area contributed by atoms with Crippen molar-refractivity contribution in [3.8, 4) is 11.8 Å². The van der Waals surface area contributed by atoms with E-state index in [9.17, 15) is 9.65 Å². The molecule has 2 aromatic heterocycles. The van der Waals surface area contributed by atoms with Gasteiger partial charge in [0.1, 0.15) is 35.3 Å². The van der Waals surface area contributed by atoms with Gasteiger partial charge in [-0.1, -0.05) is 41.9 Å². The van der Waals surface area contributed by atoms with E-state index in [1.54, 1.807) is 24.4 Å². The number of likely N-dealkylation sites (tertiary alicyclic amines) is 1. The van der Waals surface area contributed by atoms with Crippen molar-refractivity contribution >= 4 is 28.7 Å². The summed E-state index contributed by atoms with van der Waals surface area (Å²) in [4.78, 5) is 11.6. The molecule has 2 unspecified atom stereocenters. The van der Waals surface area contributed by atoms with Gasteiger partial charge in [0, 0.05) is 28.8 Å². The highest BCUT2D eigenvalue weighted by Crippen LogP contribution is 2.42. The summed E-state index contributed by atoms with van der Waals surface area (Å²) in [5, 5.41) is 9.67. The molecule has 2 saturated heterocycles. The van der Waals surface area contributed by atoms with Crippen LogP contribution >= 0.6 is 11.6 Å². The van der Waals surface area contributed by atoms with Crippen molar-refractivity contribution in [2.24, 2.45) is 0 Å². The highest BCUT2D eigenvalue weighted by atomic mass is 35.5. The van der Waals surface area contributed by atoms with E-state index in [2.05, 4.69) is 32.7 Å². The fraction of sp³-hybridized carbons (Fsp3) is 0.344. The third-order valence-electron chi connectivity index (χ3n) is 8.44. The number of rotatable bonds is 6. The minimum atomic E-state index is -0.496. The van der Waals surface area contributed by atoms with E-state index in [1.807, 2.05) is 18.2 Å². The number of imidazole rings is 1. The number of piperidine rings is 1. The van der Waals surface area contributed by atoms with Crippen LogP contribution in [0.2, 0.25) is 5.02 Å². The lowest BCUT2D eigenvalue weighted by Gasteiger charge is -2.34. The SMILES string of the molecule is N#Cc1cc2nc(CN3CCC(c4cccc5c4OC(c4ccc(Cl)cc4F)C=C5)CC3)n(CC3CCO3)c2cn1. The van der Waals surface area contributed by atoms with E-state index in [1.165, 1.54) is 11.6 Å². The molecule has 0 bridgehead atoms. The van der Waals surface area contributed by atoms with Crippen LogP contribution in [-0.4, -0.2) is 45.2 Å². The van der Waals surface area contributed by atoms with Crippen molar-refractivity contribution in [1.82, 2.24) is 19.4 Å². The molecule has 0 spiro atoms. The van der Waals surface area contributed by atoms with Gasteiger partial charge in [0.2, 0.25) is 0 Å². The minimum absolute atomic E-state index is 0.191. The second kappa shape index (κ2) is 10.9. The molecule has 0 amide bonds. The Hall–Kier alpha value is -3.77. The number of para-hydroxylation sites is 1. The predicted octanol–water partition coefficient (Wildman–Crippen LogP) is 6.41. The molecule has 0 aliphatic carbocycles. The van der Waals surface area contributed by atoms with Crippen LogP contribution in [-0.2, 0) is 17.8 Å². The first-order chi connectivity index (χ1) is 20.1. The minimum Gasteiger partial charge on any atom is -0.481 e. The molecule has 0 N–H and O–H groups in total. The van der Waals surface area contributed by atoms with Gasteiger partial charge in [-0.25, -0.2) is 14.4 Å². The fourth-order valence-corrected chi connectivity index (χ4v) is 6.27. The largest absolute Gasteiger partial charge is 0.481 e. The summed E-state index contributed by atoms with van der Waals surface area (Å²) in [6.07, 6.45) is 8.38. The third kappa shape index (κ3) is 5.10. The van der Waals surface area contributed by atoms with E-state index in [0.29, 0.717) is 22.2 Å². The molecule has 2 fully saturated rings. The Balaban J connectivity index is 1.08. The molecular formula is C32H29ClFN5O2. The van der Waals surface area contributed by atoms with Crippen LogP contribution in [0.3, 0.4) is 0 Å². The Bertz CT molecular complexity index is 1680. The highest BCUT2D eigenvalue weighted by Gasteiger charge is 2.29. The summed E-state index contributed by atoms with van der Waals surface area (Å²) in [5.74, 6) is 1.80. The van der Waals surface area contributed by atoms with Gasteiger partial charge < -0.3 is 14.0 Å². The van der Waals surface area contributed by atoms with Gasteiger partial charge >= 0.3 is 0 Å². The number of fused-ring (bicyclic) bond motifs is 2. The van der Waals surface area contributed by atoms with Crippen LogP contribution in [0.25, 0.3) is 17.1 Å². The highest BCUT2D eigenvalue weighted by molar-refractivity contribution is 6.30. The monoisotopic (exact) mass is 569 g/mol. The number of pyridine rings is 1. The lowest BCUT2D eigenvalue weighted by molar-refractivity contribution is -0.0592. The van der Waals surface area contributed by atoms with Gasteiger partial charge in [0.05, 0.1) is 36.4 Å². The Morgan fingerprint density at radius 1 is 1.10 bits per heavy atom. The topological polar surface area (TPSA) is 76.2 Å². The van der Waals surface area contributed by atoms with Crippen molar-refractivity contribution in [2.45, 2.75) is 50.5 Å². The predicted molar refractivity (Wildman–Crippen MR) is 154 cm³/mol. The zero-order valence-electron chi connectivity index (χ0n) is 22.5. The van der Waals surface area contributed by atoms with Gasteiger partial charge in [-0.3, -0.25) is 4.90 Å². The summed E-state index contributed by atoms with van der Waals surface area (Å²) >= 11 is 5.97. The third-order valence-corrected chi connectivity index (χ3v) is 8.68. The van der Waals surface area contributed by atoms with Crippen molar-refractivity contribution < 1.29 is 13.9 Å². The summed E-state index contributed by atoms with van der Waals surface area (Å²) < 4.78 is 29.0. The maximum atomic E-state index is 14.7. The second-order valence-electron chi connectivity index (χ2n) is 11.0. The standard InChI is InChI=1S/C32H29ClFN5O2/c33-22-5-6-26(27(34)14-22)30-7-4-21-2-1-3-25(32(21)41-30)20-8-11-38(12-9-20)19-31-37-28-15-23(16-35)36-17-29(28)39(31)18-24-10-13-40-24/h1-7,14-15,17,20,24,30H,8-13,18-19H2. The summed E-state index contributed by atoms with van der Waals surface area (Å²) in [7, 11) is 0. The molecule has 3 aliphatic heterocycles. The molecular weight excluding hydrogens is 541 g/mol. The average Bonchev–Trinajstić information content (AvgIpc) is 3.30. The summed E-state index contributed by atoms with van der Waals surface area (Å²) in [6.45, 7) is 4.11. The van der Waals surface area contributed by atoms with E-state index >= 15 is 0 Å². The van der Waals surface area contributed by atoms with E-state index in [4.69, 9.17) is 26.1 Å². The Morgan fingerprint density at radius 3 is 2.71 bits per heavy atom. The molecule has 9 heteroatoms. The summed E-state index contributed by atoms with van der Waals surface area (Å²) in [6, 6.07) is 14.9. The number of aromatic nitrogens is 3. The normalized spacial score (nSPS) is 20.8. The van der Waals surface area contributed by atoms with Crippen LogP contribution in [0.5, 0.6) is 5.75 Å². The van der Waals surface area contributed by atoms with Gasteiger partial charge in [-0.15, -0.1) is 0 Å². The van der Waals surface area contributed by atoms with Crippen LogP contribution in [0, 0.1) is 17.1 Å². The average molecular weight is 570 g/mol. The van der Waals surface area contributed by atoms with Crippen molar-refractivity contribution in [3.63, 3.8) is 0 Å². The fourth-order valence-electron chi connectivity index (χ4n) is 6.11. The number of ether oxygens (including phenoxy) is 2. The van der Waals surface area contributed by atoms with E-state index < -0.39 is 6.10 Å². The molecule has 7 nitrogen and oxygen atoms in total. The number of nitriles is 1. The molecule has 0 radical (unpaired) electrons. The maximum Gasteiger partial charge on any atom is 0.145 e. The molecule has 7 rings (SSSR count). The summed E-state index contributed by atoms with van der Waals surface area (Å²) in [5.41, 5.74) is 4.79. The van der Waals surface area contributed by atoms with Crippen molar-refractivity contribution in [3.05, 3.63) is 93.8 Å². The molecule has 41 heavy (non-hydrogen) atoms. The lowest BCUT2D eigenvalue weighted by atomic mass is 9.87. The van der Waals surface area contributed by atoms with Crippen LogP contribution in [0.4, 0.5) is 4.39 Å². The molecule has 2 aromatic carbocycles. The first-order valence-corrected chi connectivity index (χ1v) is 14.5. The smallest absolute Gasteiger partial charge is 0.145 e. The molecule has 5 heterocycles. The van der Waals surface area contributed by atoms with Gasteiger partial charge in [0.15, 0.2) is 0 Å². The first-order valence-electron chi connectivity index (χ1n) is 14.1. The molecule has 2 atom stereocenters. The van der Waals surface area contributed by atoms with E-state index in [-0.39, 0.29) is 11.9 Å². The van der Waals surface area contributed by atoms with Gasteiger partial charge in [-0.2, -0.15) is 5.26 Å². The van der Waals surface area contributed by atoms with Crippen LogP contribution < -0.4 is 4.74 Å². The number of benzene rings is 2. The number of halogens is 2. The number of nitrogens with zero attached hydrogens (tertiary/aromatic N) is 5. The molecule has 0 saturated carbocycles. The van der Waals surface area contributed by atoms with Gasteiger partial charge in [0.25, 0.3) is 0 Å². The van der Waals surface area contributed by atoms with Crippen molar-refractivity contribution in [1.29, 1.82) is 5.26 Å². The van der Waals surface area contributed by atoms with Crippen molar-refractivity contribution in [2.75, 3.05) is 19.7 Å². The zero-order chi connectivity index (χ0) is 27.9. The first kappa shape index (κ1) is 26.1. The van der Waals surface area contributed by atoms with E-state index in [0.717, 1.165) is 80.2 Å². The van der Waals surface area contributed by atoms with Crippen LogP contribution in [0.1, 0.15) is 59.5 Å². The Labute approximate surface area is 242 Å².